The summed E-state index contributed by atoms with van der Waals surface area (Å²) in [7, 11) is -3.56. The van der Waals surface area contributed by atoms with E-state index < -0.39 is 15.3 Å². The smallest absolute Gasteiger partial charge is 0.228 e. The lowest BCUT2D eigenvalue weighted by Crippen LogP contribution is -2.47. The van der Waals surface area contributed by atoms with E-state index in [2.05, 4.69) is 4.72 Å². The molecule has 0 aromatic carbocycles. The summed E-state index contributed by atoms with van der Waals surface area (Å²) < 4.78 is 26.5. The molecule has 17 heavy (non-hydrogen) atoms. The van der Waals surface area contributed by atoms with E-state index >= 15 is 0 Å². The molecule has 2 atom stereocenters. The van der Waals surface area contributed by atoms with Crippen molar-refractivity contribution in [3.8, 4) is 6.07 Å². The molecule has 0 saturated heterocycles. The number of hydrogen-bond acceptors (Lipinski definition) is 4. The van der Waals surface area contributed by atoms with Crippen molar-refractivity contribution in [1.82, 2.24) is 4.72 Å². The molecule has 0 bridgehead atoms. The van der Waals surface area contributed by atoms with Crippen LogP contribution in [0, 0.1) is 17.2 Å². The minimum atomic E-state index is -3.56. The minimum absolute atomic E-state index is 0.218. The Morgan fingerprint density at radius 2 is 2.06 bits per heavy atom. The molecule has 0 amide bonds. The van der Waals surface area contributed by atoms with Crippen LogP contribution in [0.3, 0.4) is 0 Å². The van der Waals surface area contributed by atoms with Gasteiger partial charge in [0.1, 0.15) is 0 Å². The molecule has 0 aromatic heterocycles. The van der Waals surface area contributed by atoms with Gasteiger partial charge in [0.15, 0.2) is 5.25 Å². The molecule has 1 aliphatic carbocycles. The van der Waals surface area contributed by atoms with Crippen LogP contribution in [-0.4, -0.2) is 26.3 Å². The van der Waals surface area contributed by atoms with E-state index in [4.69, 9.17) is 11.0 Å². The summed E-state index contributed by atoms with van der Waals surface area (Å²) in [6.07, 6.45) is 4.62. The molecule has 1 fully saturated rings. The van der Waals surface area contributed by atoms with Crippen molar-refractivity contribution >= 4 is 10.0 Å². The third-order valence-corrected chi connectivity index (χ3v) is 5.25. The molecule has 5 nitrogen and oxygen atoms in total. The van der Waals surface area contributed by atoms with Gasteiger partial charge < -0.3 is 5.73 Å². The van der Waals surface area contributed by atoms with Crippen molar-refractivity contribution in [2.45, 2.75) is 50.3 Å². The van der Waals surface area contributed by atoms with E-state index in [-0.39, 0.29) is 6.04 Å². The number of nitrogens with two attached hydrogens (primary N) is 1. The Kier molecular flexibility index (Phi) is 5.37. The van der Waals surface area contributed by atoms with Crippen LogP contribution in [0.1, 0.15) is 39.0 Å². The molecule has 98 valence electrons. The summed E-state index contributed by atoms with van der Waals surface area (Å²) in [5.74, 6) is 0.325. The zero-order valence-electron chi connectivity index (χ0n) is 10.2. The fourth-order valence-electron chi connectivity index (χ4n) is 2.37. The van der Waals surface area contributed by atoms with Crippen LogP contribution >= 0.6 is 0 Å². The van der Waals surface area contributed by atoms with Gasteiger partial charge in [0, 0.05) is 12.6 Å². The second-order valence-electron chi connectivity index (χ2n) is 4.58. The normalized spacial score (nSPS) is 21.0. The van der Waals surface area contributed by atoms with Crippen LogP contribution < -0.4 is 10.5 Å². The highest BCUT2D eigenvalue weighted by molar-refractivity contribution is 7.90. The fraction of sp³-hybridized carbons (Fsp3) is 0.909. The van der Waals surface area contributed by atoms with Gasteiger partial charge >= 0.3 is 0 Å². The van der Waals surface area contributed by atoms with E-state index in [0.29, 0.717) is 18.9 Å². The SMILES string of the molecule is CCC(C#N)S(=O)(=O)NC(CN)C1CCCC1. The number of hydrogen-bond donors (Lipinski definition) is 2. The molecule has 2 unspecified atom stereocenters. The molecule has 3 N–H and O–H groups in total. The maximum atomic E-state index is 11.9. The quantitative estimate of drug-likeness (QED) is 0.734. The predicted molar refractivity (Wildman–Crippen MR) is 66.5 cm³/mol. The largest absolute Gasteiger partial charge is 0.329 e. The average molecular weight is 259 g/mol. The third-order valence-electron chi connectivity index (χ3n) is 3.43. The van der Waals surface area contributed by atoms with Crippen LogP contribution in [0.15, 0.2) is 0 Å². The first-order chi connectivity index (χ1) is 8.05. The van der Waals surface area contributed by atoms with Crippen LogP contribution in [0.2, 0.25) is 0 Å². The Bertz CT molecular complexity index is 369. The lowest BCUT2D eigenvalue weighted by atomic mass is 9.99. The number of nitrogens with one attached hydrogen (secondary N) is 1. The van der Waals surface area contributed by atoms with Crippen molar-refractivity contribution in [2.75, 3.05) is 6.54 Å². The number of nitrogens with zero attached hydrogens (tertiary/aromatic N) is 1. The van der Waals surface area contributed by atoms with E-state index in [1.165, 1.54) is 0 Å². The van der Waals surface area contributed by atoms with Gasteiger partial charge in [0.2, 0.25) is 10.0 Å². The Balaban J connectivity index is 2.70. The third kappa shape index (κ3) is 3.66. The van der Waals surface area contributed by atoms with Gasteiger partial charge in [0.05, 0.1) is 6.07 Å². The van der Waals surface area contributed by atoms with Crippen LogP contribution in [0.5, 0.6) is 0 Å². The molecule has 0 spiro atoms. The summed E-state index contributed by atoms with van der Waals surface area (Å²) in [6, 6.07) is 1.60. The van der Waals surface area contributed by atoms with Gasteiger partial charge in [-0.25, -0.2) is 13.1 Å². The van der Waals surface area contributed by atoms with Gasteiger partial charge in [-0.05, 0) is 25.2 Å². The maximum absolute atomic E-state index is 11.9. The first-order valence-electron chi connectivity index (χ1n) is 6.16. The second-order valence-corrected chi connectivity index (χ2v) is 6.47. The maximum Gasteiger partial charge on any atom is 0.228 e. The van der Waals surface area contributed by atoms with E-state index in [0.717, 1.165) is 25.7 Å². The monoisotopic (exact) mass is 259 g/mol. The number of rotatable bonds is 6. The first kappa shape index (κ1) is 14.4. The summed E-state index contributed by atoms with van der Waals surface area (Å²) in [4.78, 5) is 0. The van der Waals surface area contributed by atoms with Crippen LogP contribution in [-0.2, 0) is 10.0 Å². The highest BCUT2D eigenvalue weighted by Gasteiger charge is 2.31. The molecule has 0 radical (unpaired) electrons. The Labute approximate surface area is 103 Å². The average Bonchev–Trinajstić information content (AvgIpc) is 2.80. The Morgan fingerprint density at radius 3 is 2.47 bits per heavy atom. The summed E-state index contributed by atoms with van der Waals surface area (Å²) in [6.45, 7) is 1.99. The molecule has 1 aliphatic rings. The van der Waals surface area contributed by atoms with E-state index in [1.807, 2.05) is 6.07 Å². The molecular formula is C11H21N3O2S. The van der Waals surface area contributed by atoms with Gasteiger partial charge in [-0.15, -0.1) is 0 Å². The lowest BCUT2D eigenvalue weighted by molar-refractivity contribution is 0.404. The fourth-order valence-corrected chi connectivity index (χ4v) is 3.82. The van der Waals surface area contributed by atoms with Crippen molar-refractivity contribution in [1.29, 1.82) is 5.26 Å². The van der Waals surface area contributed by atoms with Crippen molar-refractivity contribution < 1.29 is 8.42 Å². The molecule has 0 heterocycles. The summed E-state index contributed by atoms with van der Waals surface area (Å²) in [5, 5.41) is 7.84. The zero-order valence-corrected chi connectivity index (χ0v) is 11.0. The summed E-state index contributed by atoms with van der Waals surface area (Å²) >= 11 is 0. The topological polar surface area (TPSA) is 96.0 Å². The van der Waals surface area contributed by atoms with Crippen LogP contribution in [0.4, 0.5) is 0 Å². The summed E-state index contributed by atoms with van der Waals surface area (Å²) in [5.41, 5.74) is 5.63. The van der Waals surface area contributed by atoms with Gasteiger partial charge in [-0.3, -0.25) is 0 Å². The Morgan fingerprint density at radius 1 is 1.47 bits per heavy atom. The molecule has 6 heteroatoms. The molecule has 1 rings (SSSR count). The number of sulfonamides is 1. The first-order valence-corrected chi connectivity index (χ1v) is 7.70. The molecule has 0 aromatic rings. The van der Waals surface area contributed by atoms with Crippen molar-refractivity contribution in [2.24, 2.45) is 11.7 Å². The lowest BCUT2D eigenvalue weighted by Gasteiger charge is -2.24. The van der Waals surface area contributed by atoms with Crippen LogP contribution in [0.25, 0.3) is 0 Å². The van der Waals surface area contributed by atoms with Gasteiger partial charge in [-0.2, -0.15) is 5.26 Å². The minimum Gasteiger partial charge on any atom is -0.329 e. The second kappa shape index (κ2) is 6.34. The molecular weight excluding hydrogens is 238 g/mol. The standard InChI is InChI=1S/C11H21N3O2S/c1-2-10(7-12)17(15,16)14-11(8-13)9-5-3-4-6-9/h9-11,14H,2-6,8,13H2,1H3. The van der Waals surface area contributed by atoms with Crippen molar-refractivity contribution in [3.05, 3.63) is 0 Å². The zero-order chi connectivity index (χ0) is 12.9. The molecule has 0 aliphatic heterocycles. The van der Waals surface area contributed by atoms with E-state index in [9.17, 15) is 8.42 Å². The predicted octanol–water partition coefficient (Wildman–Crippen LogP) is 0.725. The molecule has 1 saturated carbocycles. The van der Waals surface area contributed by atoms with Crippen molar-refractivity contribution in [3.63, 3.8) is 0 Å². The van der Waals surface area contributed by atoms with Gasteiger partial charge in [0.25, 0.3) is 0 Å². The number of nitriles is 1. The Hall–Kier alpha value is -0.640. The van der Waals surface area contributed by atoms with E-state index in [1.54, 1.807) is 6.92 Å². The van der Waals surface area contributed by atoms with Gasteiger partial charge in [-0.1, -0.05) is 19.8 Å². The highest BCUT2D eigenvalue weighted by atomic mass is 32.2. The highest BCUT2D eigenvalue weighted by Crippen LogP contribution is 2.27.